The molecule has 1 atom stereocenters. The summed E-state index contributed by atoms with van der Waals surface area (Å²) in [5.74, 6) is -1.44. The van der Waals surface area contributed by atoms with Crippen LogP contribution in [-0.2, 0) is 16.6 Å². The Balaban J connectivity index is 2.04. The summed E-state index contributed by atoms with van der Waals surface area (Å²) in [6.45, 7) is 3.53. The van der Waals surface area contributed by atoms with Gasteiger partial charge in [-0.15, -0.1) is 0 Å². The fraction of sp³-hybridized carbons (Fsp3) is 0.375. The Morgan fingerprint density at radius 1 is 1.23 bits per heavy atom. The van der Waals surface area contributed by atoms with Gasteiger partial charge in [0.25, 0.3) is 0 Å². The number of aryl methyl sites for hydroxylation is 1. The van der Waals surface area contributed by atoms with Gasteiger partial charge in [0.05, 0.1) is 6.10 Å². The molecule has 6 nitrogen and oxygen atoms in total. The van der Waals surface area contributed by atoms with Crippen LogP contribution in [0.25, 0.3) is 10.9 Å². The quantitative estimate of drug-likeness (QED) is 0.732. The molecule has 0 saturated carbocycles. The molecule has 6 heteroatoms. The SMILES string of the molecule is CC(C)NC(=O)C(=O)NCC(O)c1cn(C)c2ccccc12. The molecule has 3 N–H and O–H groups in total. The maximum absolute atomic E-state index is 11.6. The molecule has 1 aromatic heterocycles. The topological polar surface area (TPSA) is 83.4 Å². The molecular formula is C16H21N3O3. The van der Waals surface area contributed by atoms with E-state index in [4.69, 9.17) is 0 Å². The highest BCUT2D eigenvalue weighted by molar-refractivity contribution is 6.35. The Hall–Kier alpha value is -2.34. The minimum absolute atomic E-state index is 0.0155. The van der Waals surface area contributed by atoms with Crippen LogP contribution in [0.15, 0.2) is 30.5 Å². The number of aliphatic hydroxyl groups is 1. The number of nitrogens with one attached hydrogen (secondary N) is 2. The van der Waals surface area contributed by atoms with E-state index in [2.05, 4.69) is 10.6 Å². The monoisotopic (exact) mass is 303 g/mol. The summed E-state index contributed by atoms with van der Waals surface area (Å²) in [6, 6.07) is 7.59. The fourth-order valence-corrected chi connectivity index (χ4v) is 2.35. The average molecular weight is 303 g/mol. The minimum atomic E-state index is -0.873. The maximum atomic E-state index is 11.6. The second kappa shape index (κ2) is 6.62. The van der Waals surface area contributed by atoms with E-state index in [9.17, 15) is 14.7 Å². The predicted molar refractivity (Wildman–Crippen MR) is 84.2 cm³/mol. The van der Waals surface area contributed by atoms with Gasteiger partial charge in [0.1, 0.15) is 0 Å². The van der Waals surface area contributed by atoms with E-state index in [-0.39, 0.29) is 12.6 Å². The Morgan fingerprint density at radius 2 is 1.91 bits per heavy atom. The number of rotatable bonds is 4. The van der Waals surface area contributed by atoms with Gasteiger partial charge in [-0.05, 0) is 19.9 Å². The Kier molecular flexibility index (Phi) is 4.82. The van der Waals surface area contributed by atoms with Gasteiger partial charge in [-0.1, -0.05) is 18.2 Å². The van der Waals surface area contributed by atoms with Crippen molar-refractivity contribution in [2.24, 2.45) is 7.05 Å². The van der Waals surface area contributed by atoms with Gasteiger partial charge in [-0.3, -0.25) is 9.59 Å². The van der Waals surface area contributed by atoms with Gasteiger partial charge in [0.2, 0.25) is 0 Å². The van der Waals surface area contributed by atoms with Crippen LogP contribution in [0.3, 0.4) is 0 Å². The van der Waals surface area contributed by atoms with Crippen molar-refractivity contribution in [3.8, 4) is 0 Å². The van der Waals surface area contributed by atoms with Crippen molar-refractivity contribution in [1.29, 1.82) is 0 Å². The van der Waals surface area contributed by atoms with Crippen molar-refractivity contribution < 1.29 is 14.7 Å². The van der Waals surface area contributed by atoms with Gasteiger partial charge in [-0.2, -0.15) is 0 Å². The predicted octanol–water partition coefficient (Wildman–Crippen LogP) is 0.853. The van der Waals surface area contributed by atoms with E-state index in [1.54, 1.807) is 13.8 Å². The largest absolute Gasteiger partial charge is 0.386 e. The smallest absolute Gasteiger partial charge is 0.309 e. The van der Waals surface area contributed by atoms with E-state index in [1.807, 2.05) is 42.1 Å². The molecule has 1 unspecified atom stereocenters. The third-order valence-electron chi connectivity index (χ3n) is 3.37. The van der Waals surface area contributed by atoms with Crippen LogP contribution in [0.1, 0.15) is 25.5 Å². The standard InChI is InChI=1S/C16H21N3O3/c1-10(2)18-16(22)15(21)17-8-14(20)12-9-19(3)13-7-5-4-6-11(12)13/h4-7,9-10,14,20H,8H2,1-3H3,(H,17,21)(H,18,22). The van der Waals surface area contributed by atoms with Gasteiger partial charge >= 0.3 is 11.8 Å². The molecule has 0 spiro atoms. The number of amides is 2. The summed E-state index contributed by atoms with van der Waals surface area (Å²) < 4.78 is 1.92. The van der Waals surface area contributed by atoms with Crippen molar-refractivity contribution >= 4 is 22.7 Å². The summed E-state index contributed by atoms with van der Waals surface area (Å²) >= 11 is 0. The number of carbonyl (C=O) groups excluding carboxylic acids is 2. The number of fused-ring (bicyclic) bond motifs is 1. The van der Waals surface area contributed by atoms with Gasteiger partial charge in [0.15, 0.2) is 0 Å². The van der Waals surface area contributed by atoms with Crippen LogP contribution in [0.5, 0.6) is 0 Å². The molecule has 2 aromatic rings. The molecule has 118 valence electrons. The number of hydrogen-bond acceptors (Lipinski definition) is 3. The lowest BCUT2D eigenvalue weighted by Gasteiger charge is -2.12. The van der Waals surface area contributed by atoms with Crippen molar-refractivity contribution in [2.45, 2.75) is 26.0 Å². The third kappa shape index (κ3) is 3.46. The van der Waals surface area contributed by atoms with Crippen molar-refractivity contribution in [3.63, 3.8) is 0 Å². The van der Waals surface area contributed by atoms with E-state index in [1.165, 1.54) is 0 Å². The number of nitrogens with zero attached hydrogens (tertiary/aromatic N) is 1. The highest BCUT2D eigenvalue weighted by Crippen LogP contribution is 2.25. The minimum Gasteiger partial charge on any atom is -0.386 e. The molecule has 0 aliphatic rings. The van der Waals surface area contributed by atoms with Crippen LogP contribution < -0.4 is 10.6 Å². The molecule has 0 saturated heterocycles. The van der Waals surface area contributed by atoms with Crippen LogP contribution >= 0.6 is 0 Å². The fourth-order valence-electron chi connectivity index (χ4n) is 2.35. The van der Waals surface area contributed by atoms with Crippen LogP contribution in [-0.4, -0.2) is 34.1 Å². The van der Waals surface area contributed by atoms with Crippen molar-refractivity contribution in [1.82, 2.24) is 15.2 Å². The third-order valence-corrected chi connectivity index (χ3v) is 3.37. The van der Waals surface area contributed by atoms with Crippen molar-refractivity contribution in [3.05, 3.63) is 36.0 Å². The normalized spacial score (nSPS) is 12.4. The lowest BCUT2D eigenvalue weighted by atomic mass is 10.1. The maximum Gasteiger partial charge on any atom is 0.309 e. The summed E-state index contributed by atoms with van der Waals surface area (Å²) in [5.41, 5.74) is 1.73. The van der Waals surface area contributed by atoms with Gasteiger partial charge < -0.3 is 20.3 Å². The highest BCUT2D eigenvalue weighted by Gasteiger charge is 2.18. The zero-order chi connectivity index (χ0) is 16.3. The van der Waals surface area contributed by atoms with E-state index in [0.29, 0.717) is 0 Å². The second-order valence-corrected chi connectivity index (χ2v) is 5.57. The number of para-hydroxylation sites is 1. The van der Waals surface area contributed by atoms with Crippen molar-refractivity contribution in [2.75, 3.05) is 6.54 Å². The summed E-state index contributed by atoms with van der Waals surface area (Å²) in [6.07, 6.45) is 0.956. The molecular weight excluding hydrogens is 282 g/mol. The first-order valence-corrected chi connectivity index (χ1v) is 7.21. The molecule has 1 aromatic carbocycles. The molecule has 0 aliphatic heterocycles. The zero-order valence-electron chi connectivity index (χ0n) is 13.0. The lowest BCUT2D eigenvalue weighted by molar-refractivity contribution is -0.139. The number of carbonyl (C=O) groups is 2. The van der Waals surface area contributed by atoms with E-state index >= 15 is 0 Å². The molecule has 0 fully saturated rings. The van der Waals surface area contributed by atoms with Gasteiger partial charge in [-0.25, -0.2) is 0 Å². The van der Waals surface area contributed by atoms with Crippen LogP contribution in [0.4, 0.5) is 0 Å². The molecule has 0 aliphatic carbocycles. The molecule has 0 radical (unpaired) electrons. The van der Waals surface area contributed by atoms with E-state index in [0.717, 1.165) is 16.5 Å². The molecule has 1 heterocycles. The molecule has 2 rings (SSSR count). The van der Waals surface area contributed by atoms with Gasteiger partial charge in [0, 0.05) is 42.3 Å². The lowest BCUT2D eigenvalue weighted by Crippen LogP contribution is -2.43. The second-order valence-electron chi connectivity index (χ2n) is 5.57. The Bertz CT molecular complexity index is 691. The first kappa shape index (κ1) is 16.0. The molecule has 22 heavy (non-hydrogen) atoms. The molecule has 2 amide bonds. The first-order valence-electron chi connectivity index (χ1n) is 7.21. The Morgan fingerprint density at radius 3 is 2.59 bits per heavy atom. The van der Waals surface area contributed by atoms with Crippen LogP contribution in [0.2, 0.25) is 0 Å². The number of hydrogen-bond donors (Lipinski definition) is 3. The number of aromatic nitrogens is 1. The van der Waals surface area contributed by atoms with Crippen LogP contribution in [0, 0.1) is 0 Å². The average Bonchev–Trinajstić information content (AvgIpc) is 2.81. The number of benzene rings is 1. The zero-order valence-corrected chi connectivity index (χ0v) is 13.0. The Labute approximate surface area is 129 Å². The van der Waals surface area contributed by atoms with E-state index < -0.39 is 17.9 Å². The summed E-state index contributed by atoms with van der Waals surface area (Å²) in [5, 5.41) is 16.2. The molecule has 0 bridgehead atoms. The summed E-state index contributed by atoms with van der Waals surface area (Å²) in [4.78, 5) is 23.2. The summed E-state index contributed by atoms with van der Waals surface area (Å²) in [7, 11) is 1.90. The first-order chi connectivity index (χ1) is 10.4. The highest BCUT2D eigenvalue weighted by atomic mass is 16.3. The number of aliphatic hydroxyl groups excluding tert-OH is 1.